The minimum absolute atomic E-state index is 0.242. The lowest BCUT2D eigenvalue weighted by molar-refractivity contribution is -0.385. The summed E-state index contributed by atoms with van der Waals surface area (Å²) in [4.78, 5) is 47.2. The minimum Gasteiger partial charge on any atom is -0.344 e. The highest BCUT2D eigenvalue weighted by molar-refractivity contribution is 6.01. The first-order chi connectivity index (χ1) is 16.8. The average molecular weight is 507 g/mol. The molecule has 2 N–H and O–H groups in total. The van der Waals surface area contributed by atoms with Crippen LogP contribution >= 0.6 is 0 Å². The number of hydrogen-bond acceptors (Lipinski definition) is 6. The molecule has 0 saturated heterocycles. The Morgan fingerprint density at radius 2 is 1.81 bits per heavy atom. The lowest BCUT2D eigenvalue weighted by Crippen LogP contribution is -2.33. The van der Waals surface area contributed by atoms with E-state index in [1.807, 2.05) is 0 Å². The maximum atomic E-state index is 14.3. The smallest absolute Gasteiger partial charge is 0.344 e. The number of anilines is 1. The molecule has 0 aliphatic rings. The Bertz CT molecular complexity index is 1420. The van der Waals surface area contributed by atoms with Crippen molar-refractivity contribution in [2.75, 3.05) is 5.32 Å². The van der Waals surface area contributed by atoms with Crippen molar-refractivity contribution >= 4 is 23.2 Å². The van der Waals surface area contributed by atoms with Gasteiger partial charge in [0, 0.05) is 25.1 Å². The van der Waals surface area contributed by atoms with Gasteiger partial charge in [0.2, 0.25) is 5.91 Å². The predicted octanol–water partition coefficient (Wildman–Crippen LogP) is 3.75. The molecule has 0 radical (unpaired) electrons. The van der Waals surface area contributed by atoms with Crippen LogP contribution in [-0.4, -0.2) is 26.5 Å². The third-order valence-electron chi connectivity index (χ3n) is 4.86. The second-order valence-corrected chi connectivity index (χ2v) is 7.55. The number of hydrogen-bond donors (Lipinski definition) is 2. The van der Waals surface area contributed by atoms with Gasteiger partial charge in [-0.3, -0.25) is 24.5 Å². The number of carbonyl (C=O) groups is 2. The molecule has 0 unspecified atom stereocenters. The number of nitrogens with zero attached hydrogens (tertiary/aromatic N) is 3. The number of rotatable bonds is 6. The van der Waals surface area contributed by atoms with E-state index in [9.17, 15) is 42.1 Å². The average Bonchev–Trinajstić information content (AvgIpc) is 2.78. The highest BCUT2D eigenvalue weighted by Gasteiger charge is 2.33. The highest BCUT2D eigenvalue weighted by atomic mass is 19.4. The van der Waals surface area contributed by atoms with Crippen molar-refractivity contribution in [2.45, 2.75) is 26.1 Å². The van der Waals surface area contributed by atoms with Gasteiger partial charge in [0.25, 0.3) is 17.2 Å². The third-order valence-corrected chi connectivity index (χ3v) is 4.86. The van der Waals surface area contributed by atoms with E-state index in [4.69, 9.17) is 0 Å². The van der Waals surface area contributed by atoms with E-state index in [0.717, 1.165) is 25.1 Å². The Labute approximate surface area is 199 Å². The van der Waals surface area contributed by atoms with Crippen LogP contribution in [0.1, 0.15) is 41.5 Å². The molecule has 0 spiro atoms. The first-order valence-corrected chi connectivity index (χ1v) is 10.1. The Hall–Kier alpha value is -4.62. The second kappa shape index (κ2) is 9.93. The molecule has 0 aliphatic heterocycles. The van der Waals surface area contributed by atoms with Crippen LogP contribution in [0.3, 0.4) is 0 Å². The number of para-hydroxylation sites is 1. The fourth-order valence-corrected chi connectivity index (χ4v) is 3.21. The van der Waals surface area contributed by atoms with Crippen LogP contribution < -0.4 is 16.2 Å². The molecule has 0 fully saturated rings. The van der Waals surface area contributed by atoms with Crippen molar-refractivity contribution in [3.63, 3.8) is 0 Å². The van der Waals surface area contributed by atoms with Crippen molar-refractivity contribution in [1.82, 2.24) is 15.1 Å². The summed E-state index contributed by atoms with van der Waals surface area (Å²) in [6.07, 6.45) is -4.89. The number of nitro groups is 1. The van der Waals surface area contributed by atoms with Crippen LogP contribution in [0.2, 0.25) is 0 Å². The maximum Gasteiger partial charge on any atom is 0.416 e. The number of nitro benzene ring substituents is 1. The van der Waals surface area contributed by atoms with Gasteiger partial charge in [-0.15, -0.1) is 0 Å². The van der Waals surface area contributed by atoms with Gasteiger partial charge in [0.15, 0.2) is 5.69 Å². The Balaban J connectivity index is 2.05. The fraction of sp³-hybridized carbons (Fsp3) is 0.182. The number of nitrogens with one attached hydrogen (secondary N) is 2. The van der Waals surface area contributed by atoms with Crippen LogP contribution in [0.25, 0.3) is 5.69 Å². The summed E-state index contributed by atoms with van der Waals surface area (Å²) in [5.74, 6) is -2.57. The Morgan fingerprint density at radius 1 is 1.14 bits per heavy atom. The van der Waals surface area contributed by atoms with Gasteiger partial charge >= 0.3 is 6.18 Å². The van der Waals surface area contributed by atoms with Crippen LogP contribution in [0.5, 0.6) is 0 Å². The lowest BCUT2D eigenvalue weighted by Gasteiger charge is -2.18. The number of aromatic nitrogens is 2. The summed E-state index contributed by atoms with van der Waals surface area (Å²) in [5.41, 5.74) is -4.45. The number of halogens is 4. The Kier molecular flexibility index (Phi) is 7.17. The summed E-state index contributed by atoms with van der Waals surface area (Å²) in [7, 11) is 0. The number of alkyl halides is 3. The molecule has 10 nitrogen and oxygen atoms in total. The lowest BCUT2D eigenvalue weighted by atomic mass is 10.0. The summed E-state index contributed by atoms with van der Waals surface area (Å²) in [6, 6.07) is 6.52. The number of benzene rings is 2. The van der Waals surface area contributed by atoms with Gasteiger partial charge in [-0.25, -0.2) is 4.39 Å². The minimum atomic E-state index is -4.89. The monoisotopic (exact) mass is 507 g/mol. The summed E-state index contributed by atoms with van der Waals surface area (Å²) in [6.45, 7) is 2.36. The van der Waals surface area contributed by atoms with Gasteiger partial charge in [0.05, 0.1) is 22.2 Å². The van der Waals surface area contributed by atoms with Gasteiger partial charge in [-0.2, -0.15) is 23.0 Å². The van der Waals surface area contributed by atoms with Crippen LogP contribution in [-0.2, 0) is 11.0 Å². The van der Waals surface area contributed by atoms with Gasteiger partial charge in [0.1, 0.15) is 11.5 Å². The molecule has 2 amide bonds. The fourth-order valence-electron chi connectivity index (χ4n) is 3.21. The van der Waals surface area contributed by atoms with Crippen molar-refractivity contribution in [3.8, 4) is 5.69 Å². The van der Waals surface area contributed by atoms with Crippen molar-refractivity contribution in [3.05, 3.63) is 91.6 Å². The standard InChI is InChI=1S/C22H17F4N5O5/c1-11(13-7-14(22(24,25)26)9-15(8-13)31(35)36)27-21(34)20-17(28-12(2)32)10-19(33)30(29-20)18-6-4-3-5-16(18)23/h3-11H,1-2H3,(H,27,34)(H,28,32)/t11-/m1/s1. The highest BCUT2D eigenvalue weighted by Crippen LogP contribution is 2.34. The van der Waals surface area contributed by atoms with E-state index in [-0.39, 0.29) is 16.9 Å². The number of amides is 2. The largest absolute Gasteiger partial charge is 0.416 e. The normalized spacial score (nSPS) is 12.1. The molecule has 0 aliphatic carbocycles. The molecule has 188 valence electrons. The molecule has 1 atom stereocenters. The van der Waals surface area contributed by atoms with Crippen molar-refractivity contribution < 1.29 is 32.1 Å². The molecular formula is C22H17F4N5O5. The SMILES string of the molecule is CC(=O)Nc1cc(=O)n(-c2ccccc2F)nc1C(=O)N[C@H](C)c1cc([N+](=O)[O-])cc(C(F)(F)F)c1. The van der Waals surface area contributed by atoms with E-state index in [1.54, 1.807) is 0 Å². The summed E-state index contributed by atoms with van der Waals surface area (Å²) >= 11 is 0. The molecule has 3 aromatic rings. The topological polar surface area (TPSA) is 136 Å². The zero-order chi connectivity index (χ0) is 26.8. The zero-order valence-electron chi connectivity index (χ0n) is 18.6. The van der Waals surface area contributed by atoms with E-state index in [1.165, 1.54) is 25.1 Å². The number of carbonyl (C=O) groups excluding carboxylic acids is 2. The molecule has 1 heterocycles. The van der Waals surface area contributed by atoms with Gasteiger partial charge in [-0.1, -0.05) is 12.1 Å². The van der Waals surface area contributed by atoms with Gasteiger partial charge < -0.3 is 10.6 Å². The predicted molar refractivity (Wildman–Crippen MR) is 118 cm³/mol. The molecule has 14 heteroatoms. The van der Waals surface area contributed by atoms with Crippen molar-refractivity contribution in [2.24, 2.45) is 0 Å². The van der Waals surface area contributed by atoms with Crippen molar-refractivity contribution in [1.29, 1.82) is 0 Å². The molecular weight excluding hydrogens is 490 g/mol. The first kappa shape index (κ1) is 26.0. The third kappa shape index (κ3) is 5.71. The molecule has 36 heavy (non-hydrogen) atoms. The van der Waals surface area contributed by atoms with Crippen LogP contribution in [0.4, 0.5) is 28.9 Å². The summed E-state index contributed by atoms with van der Waals surface area (Å²) in [5, 5.41) is 19.5. The molecule has 3 rings (SSSR count). The molecule has 0 bridgehead atoms. The zero-order valence-corrected chi connectivity index (χ0v) is 18.6. The molecule has 1 aromatic heterocycles. The molecule has 2 aromatic carbocycles. The summed E-state index contributed by atoms with van der Waals surface area (Å²) < 4.78 is 54.5. The van der Waals surface area contributed by atoms with Gasteiger partial charge in [-0.05, 0) is 30.7 Å². The molecule has 0 saturated carbocycles. The van der Waals surface area contributed by atoms with E-state index in [0.29, 0.717) is 16.8 Å². The quantitative estimate of drug-likeness (QED) is 0.296. The second-order valence-electron chi connectivity index (χ2n) is 7.55. The first-order valence-electron chi connectivity index (χ1n) is 10.1. The van der Waals surface area contributed by atoms with E-state index in [2.05, 4.69) is 15.7 Å². The van der Waals surface area contributed by atoms with E-state index >= 15 is 0 Å². The van der Waals surface area contributed by atoms with Crippen LogP contribution in [0, 0.1) is 15.9 Å². The van der Waals surface area contributed by atoms with Crippen LogP contribution in [0.15, 0.2) is 53.3 Å². The van der Waals surface area contributed by atoms with E-state index < -0.39 is 57.3 Å². The number of non-ortho nitro benzene ring substituents is 1. The Morgan fingerprint density at radius 3 is 2.39 bits per heavy atom. The maximum absolute atomic E-state index is 14.3.